The number of aryl methyl sites for hydroxylation is 1. The number of carbonyl (C=O) groups excluding carboxylic acids is 1. The fourth-order valence-corrected chi connectivity index (χ4v) is 4.90. The largest absolute Gasteiger partial charge is 0.494 e. The molecule has 5 nitrogen and oxygen atoms in total. The monoisotopic (exact) mass is 395 g/mol. The minimum absolute atomic E-state index is 0.0764. The van der Waals surface area contributed by atoms with E-state index >= 15 is 0 Å². The van der Waals surface area contributed by atoms with Gasteiger partial charge in [0.25, 0.3) is 0 Å². The number of methoxy groups -OCH3 is 1. The van der Waals surface area contributed by atoms with Crippen LogP contribution < -0.4 is 9.64 Å². The van der Waals surface area contributed by atoms with Gasteiger partial charge in [-0.25, -0.2) is 4.98 Å². The number of aromatic nitrogens is 2. The average Bonchev–Trinajstić information content (AvgIpc) is 3.19. The van der Waals surface area contributed by atoms with E-state index in [0.29, 0.717) is 6.54 Å². The lowest BCUT2D eigenvalue weighted by molar-refractivity contribution is -0.123. The Hall–Kier alpha value is -2.47. The Labute approximate surface area is 169 Å². The molecule has 0 N–H and O–H groups in total. The predicted molar refractivity (Wildman–Crippen MR) is 113 cm³/mol. The van der Waals surface area contributed by atoms with E-state index in [1.54, 1.807) is 24.6 Å². The number of rotatable bonds is 5. The molecule has 0 bridgehead atoms. The number of benzene rings is 1. The highest BCUT2D eigenvalue weighted by molar-refractivity contribution is 7.22. The van der Waals surface area contributed by atoms with E-state index in [2.05, 4.69) is 11.9 Å². The standard InChI is InChI=1S/C22H25N3O2S/c1-15-11-12-18(27-2)19-20(15)28-22(24-19)25(14-17-10-6-7-13-23-17)21(26)16-8-4-3-5-9-16/h6-7,10-13,16H,3-5,8-9,14H2,1-2H3. The van der Waals surface area contributed by atoms with Crippen molar-refractivity contribution in [1.82, 2.24) is 9.97 Å². The van der Waals surface area contributed by atoms with Crippen LogP contribution in [0.2, 0.25) is 0 Å². The summed E-state index contributed by atoms with van der Waals surface area (Å²) in [6.07, 6.45) is 7.17. The SMILES string of the molecule is COc1ccc(C)c2sc(N(Cc3ccccn3)C(=O)C3CCCCC3)nc12. The zero-order chi connectivity index (χ0) is 19.5. The molecule has 1 amide bonds. The van der Waals surface area contributed by atoms with Crippen LogP contribution in [0.15, 0.2) is 36.5 Å². The zero-order valence-corrected chi connectivity index (χ0v) is 17.2. The second kappa shape index (κ2) is 8.27. The maximum absolute atomic E-state index is 13.5. The summed E-state index contributed by atoms with van der Waals surface area (Å²) in [6.45, 7) is 2.51. The molecule has 1 aromatic carbocycles. The van der Waals surface area contributed by atoms with Gasteiger partial charge in [-0.2, -0.15) is 0 Å². The summed E-state index contributed by atoms with van der Waals surface area (Å²) in [6, 6.07) is 9.78. The Bertz CT molecular complexity index is 965. The normalized spacial score (nSPS) is 14.9. The lowest BCUT2D eigenvalue weighted by Crippen LogP contribution is -2.36. The van der Waals surface area contributed by atoms with Crippen molar-refractivity contribution in [3.05, 3.63) is 47.8 Å². The molecule has 3 aromatic rings. The van der Waals surface area contributed by atoms with E-state index in [-0.39, 0.29) is 11.8 Å². The molecular weight excluding hydrogens is 370 g/mol. The van der Waals surface area contributed by atoms with E-state index in [0.717, 1.165) is 58.0 Å². The number of carbonyl (C=O) groups is 1. The fraction of sp³-hybridized carbons (Fsp3) is 0.409. The molecule has 2 aromatic heterocycles. The highest BCUT2D eigenvalue weighted by Crippen LogP contribution is 2.38. The van der Waals surface area contributed by atoms with Crippen LogP contribution in [0.1, 0.15) is 43.4 Å². The van der Waals surface area contributed by atoms with Crippen molar-refractivity contribution in [2.24, 2.45) is 5.92 Å². The molecule has 1 aliphatic carbocycles. The van der Waals surface area contributed by atoms with Crippen molar-refractivity contribution < 1.29 is 9.53 Å². The lowest BCUT2D eigenvalue weighted by atomic mass is 9.88. The van der Waals surface area contributed by atoms with Crippen molar-refractivity contribution in [3.63, 3.8) is 0 Å². The Morgan fingerprint density at radius 2 is 2.04 bits per heavy atom. The van der Waals surface area contributed by atoms with E-state index in [9.17, 15) is 4.79 Å². The molecule has 0 aliphatic heterocycles. The minimum Gasteiger partial charge on any atom is -0.494 e. The zero-order valence-electron chi connectivity index (χ0n) is 16.4. The van der Waals surface area contributed by atoms with Gasteiger partial charge in [0, 0.05) is 12.1 Å². The summed E-state index contributed by atoms with van der Waals surface area (Å²) in [5.74, 6) is 0.986. The molecule has 0 unspecified atom stereocenters. The number of nitrogens with zero attached hydrogens (tertiary/aromatic N) is 3. The number of ether oxygens (including phenoxy) is 1. The van der Waals surface area contributed by atoms with E-state index in [4.69, 9.17) is 9.72 Å². The minimum atomic E-state index is 0.0764. The summed E-state index contributed by atoms with van der Waals surface area (Å²) in [7, 11) is 1.65. The van der Waals surface area contributed by atoms with Gasteiger partial charge in [0.1, 0.15) is 11.3 Å². The van der Waals surface area contributed by atoms with Crippen LogP contribution in [-0.2, 0) is 11.3 Å². The van der Waals surface area contributed by atoms with Crippen molar-refractivity contribution in [2.45, 2.75) is 45.6 Å². The summed E-state index contributed by atoms with van der Waals surface area (Å²) in [5, 5.41) is 0.726. The quantitative estimate of drug-likeness (QED) is 0.601. The molecule has 2 heterocycles. The van der Waals surface area contributed by atoms with Gasteiger partial charge in [0.2, 0.25) is 5.91 Å². The summed E-state index contributed by atoms with van der Waals surface area (Å²) < 4.78 is 6.57. The number of fused-ring (bicyclic) bond motifs is 1. The number of hydrogen-bond donors (Lipinski definition) is 0. The van der Waals surface area contributed by atoms with Gasteiger partial charge in [-0.1, -0.05) is 42.7 Å². The molecule has 6 heteroatoms. The molecular formula is C22H25N3O2S. The fourth-order valence-electron chi connectivity index (χ4n) is 3.84. The first-order chi connectivity index (χ1) is 13.7. The lowest BCUT2D eigenvalue weighted by Gasteiger charge is -2.27. The second-order valence-electron chi connectivity index (χ2n) is 7.34. The predicted octanol–water partition coefficient (Wildman–Crippen LogP) is 5.12. The molecule has 0 spiro atoms. The summed E-state index contributed by atoms with van der Waals surface area (Å²) in [4.78, 5) is 24.6. The third-order valence-corrected chi connectivity index (χ3v) is 6.62. The number of anilines is 1. The van der Waals surface area contributed by atoms with Gasteiger partial charge < -0.3 is 4.74 Å². The third kappa shape index (κ3) is 3.74. The van der Waals surface area contributed by atoms with Crippen LogP contribution in [0.3, 0.4) is 0 Å². The second-order valence-corrected chi connectivity index (χ2v) is 8.32. The maximum Gasteiger partial charge on any atom is 0.232 e. The van der Waals surface area contributed by atoms with Crippen LogP contribution in [0.4, 0.5) is 5.13 Å². The summed E-state index contributed by atoms with van der Waals surface area (Å²) in [5.41, 5.74) is 2.84. The van der Waals surface area contributed by atoms with Crippen molar-refractivity contribution in [2.75, 3.05) is 12.0 Å². The smallest absolute Gasteiger partial charge is 0.232 e. The number of thiazole rings is 1. The first kappa shape index (κ1) is 18.9. The first-order valence-corrected chi connectivity index (χ1v) is 10.6. The highest BCUT2D eigenvalue weighted by atomic mass is 32.1. The third-order valence-electron chi connectivity index (χ3n) is 5.41. The van der Waals surface area contributed by atoms with Crippen LogP contribution in [0.5, 0.6) is 5.75 Å². The van der Waals surface area contributed by atoms with Crippen LogP contribution >= 0.6 is 11.3 Å². The van der Waals surface area contributed by atoms with Crippen LogP contribution in [0.25, 0.3) is 10.2 Å². The van der Waals surface area contributed by atoms with Crippen molar-refractivity contribution in [3.8, 4) is 5.75 Å². The Kier molecular flexibility index (Phi) is 5.57. The van der Waals surface area contributed by atoms with Gasteiger partial charge in [0.05, 0.1) is 24.0 Å². The molecule has 1 saturated carbocycles. The maximum atomic E-state index is 13.5. The Morgan fingerprint density at radius 3 is 2.75 bits per heavy atom. The van der Waals surface area contributed by atoms with Gasteiger partial charge in [-0.05, 0) is 43.5 Å². The van der Waals surface area contributed by atoms with Gasteiger partial charge in [0.15, 0.2) is 5.13 Å². The van der Waals surface area contributed by atoms with Crippen LogP contribution in [0, 0.1) is 12.8 Å². The van der Waals surface area contributed by atoms with Gasteiger partial charge >= 0.3 is 0 Å². The van der Waals surface area contributed by atoms with Crippen molar-refractivity contribution >= 4 is 32.6 Å². The molecule has 0 saturated heterocycles. The summed E-state index contributed by atoms with van der Waals surface area (Å²) >= 11 is 1.56. The average molecular weight is 396 g/mol. The van der Waals surface area contributed by atoms with E-state index in [1.807, 2.05) is 35.2 Å². The van der Waals surface area contributed by atoms with Gasteiger partial charge in [-0.15, -0.1) is 0 Å². The molecule has 1 fully saturated rings. The molecule has 0 radical (unpaired) electrons. The van der Waals surface area contributed by atoms with E-state index < -0.39 is 0 Å². The number of pyridine rings is 1. The topological polar surface area (TPSA) is 55.3 Å². The highest BCUT2D eigenvalue weighted by Gasteiger charge is 2.29. The molecule has 0 atom stereocenters. The van der Waals surface area contributed by atoms with Crippen LogP contribution in [-0.4, -0.2) is 23.0 Å². The van der Waals surface area contributed by atoms with Gasteiger partial charge in [-0.3, -0.25) is 14.7 Å². The molecule has 28 heavy (non-hydrogen) atoms. The molecule has 4 rings (SSSR count). The molecule has 146 valence electrons. The van der Waals surface area contributed by atoms with Crippen molar-refractivity contribution in [1.29, 1.82) is 0 Å². The first-order valence-electron chi connectivity index (χ1n) is 9.83. The number of amides is 1. The molecule has 1 aliphatic rings. The Morgan fingerprint density at radius 1 is 1.21 bits per heavy atom. The Balaban J connectivity index is 1.75. The van der Waals surface area contributed by atoms with E-state index in [1.165, 1.54) is 6.42 Å². The number of hydrogen-bond acceptors (Lipinski definition) is 5.